The lowest BCUT2D eigenvalue weighted by atomic mass is 9.96. The van der Waals surface area contributed by atoms with E-state index in [0.717, 1.165) is 22.0 Å². The second kappa shape index (κ2) is 16.0. The summed E-state index contributed by atoms with van der Waals surface area (Å²) in [5.74, 6) is -2.58. The van der Waals surface area contributed by atoms with Crippen molar-refractivity contribution in [1.29, 1.82) is 0 Å². The van der Waals surface area contributed by atoms with Crippen LogP contribution in [0.4, 0.5) is 0 Å². The quantitative estimate of drug-likeness (QED) is 0.129. The minimum Gasteiger partial charge on any atom is -0.508 e. The number of para-hydroxylation sites is 1. The minimum absolute atomic E-state index is 0.0936. The molecule has 0 radical (unpaired) electrons. The van der Waals surface area contributed by atoms with Crippen molar-refractivity contribution in [2.24, 2.45) is 11.7 Å². The van der Waals surface area contributed by atoms with E-state index in [9.17, 15) is 29.4 Å². The van der Waals surface area contributed by atoms with Gasteiger partial charge in [0, 0.05) is 23.5 Å². The molecular formula is C31H41N5O6S. The second-order valence-corrected chi connectivity index (χ2v) is 11.6. The Morgan fingerprint density at radius 3 is 2.26 bits per heavy atom. The number of nitrogens with two attached hydrogens (primary N) is 1. The topological polar surface area (TPSA) is 187 Å². The molecule has 3 amide bonds. The molecule has 232 valence electrons. The highest BCUT2D eigenvalue weighted by atomic mass is 32.2. The molecule has 0 spiro atoms. The average Bonchev–Trinajstić information content (AvgIpc) is 3.40. The summed E-state index contributed by atoms with van der Waals surface area (Å²) in [5.41, 5.74) is 8.60. The number of fused-ring (bicyclic) bond motifs is 1. The van der Waals surface area contributed by atoms with Crippen LogP contribution in [0.25, 0.3) is 10.9 Å². The highest BCUT2D eigenvalue weighted by molar-refractivity contribution is 7.98. The van der Waals surface area contributed by atoms with Crippen molar-refractivity contribution in [2.75, 3.05) is 12.0 Å². The smallest absolute Gasteiger partial charge is 0.326 e. The number of aromatic amines is 1. The molecule has 5 unspecified atom stereocenters. The van der Waals surface area contributed by atoms with E-state index in [-0.39, 0.29) is 30.9 Å². The molecule has 0 aliphatic heterocycles. The molecular weight excluding hydrogens is 570 g/mol. The van der Waals surface area contributed by atoms with Crippen LogP contribution < -0.4 is 21.7 Å². The highest BCUT2D eigenvalue weighted by Gasteiger charge is 2.33. The summed E-state index contributed by atoms with van der Waals surface area (Å²) in [5, 5.41) is 28.2. The third-order valence-corrected chi connectivity index (χ3v) is 8.12. The second-order valence-electron chi connectivity index (χ2n) is 10.7. The number of rotatable bonds is 16. The number of nitrogens with one attached hydrogen (secondary N) is 4. The maximum Gasteiger partial charge on any atom is 0.326 e. The van der Waals surface area contributed by atoms with Gasteiger partial charge in [0.25, 0.3) is 0 Å². The SMILES string of the molecule is CCC(C)C(NC(=O)C(Cc1c[nH]c2ccccc12)NC(=O)C(N)Cc1ccc(O)cc1)C(=O)NC(CCSC)C(=O)O. The average molecular weight is 612 g/mol. The standard InChI is InChI=1S/C31H41N5O6S/c1-4-18(2)27(30(40)34-25(31(41)42)13-14-43-3)36-29(39)26(16-20-17-33-24-8-6-5-7-22(20)24)35-28(38)23(32)15-19-9-11-21(37)12-10-19/h5-12,17-18,23,25-27,33,37H,4,13-16,32H2,1-3H3,(H,34,40)(H,35,38)(H,36,39)(H,41,42). The predicted octanol–water partition coefficient (Wildman–Crippen LogP) is 2.32. The van der Waals surface area contributed by atoms with Gasteiger partial charge in [-0.3, -0.25) is 14.4 Å². The molecule has 12 heteroatoms. The molecule has 0 saturated heterocycles. The molecule has 0 bridgehead atoms. The molecule has 0 aliphatic rings. The number of carbonyl (C=O) groups excluding carboxylic acids is 3. The van der Waals surface area contributed by atoms with Gasteiger partial charge in [0.1, 0.15) is 23.9 Å². The van der Waals surface area contributed by atoms with Gasteiger partial charge in [0.2, 0.25) is 17.7 Å². The van der Waals surface area contributed by atoms with E-state index in [4.69, 9.17) is 5.73 Å². The summed E-state index contributed by atoms with van der Waals surface area (Å²) in [6.07, 6.45) is 4.70. The van der Waals surface area contributed by atoms with E-state index >= 15 is 0 Å². The summed E-state index contributed by atoms with van der Waals surface area (Å²) < 4.78 is 0. The van der Waals surface area contributed by atoms with Gasteiger partial charge in [-0.15, -0.1) is 0 Å². The fourth-order valence-electron chi connectivity index (χ4n) is 4.70. The number of carboxylic acids is 1. The molecule has 0 aliphatic carbocycles. The van der Waals surface area contributed by atoms with Gasteiger partial charge in [0.05, 0.1) is 6.04 Å². The number of H-pyrrole nitrogens is 1. The Hall–Kier alpha value is -4.03. The van der Waals surface area contributed by atoms with Gasteiger partial charge in [-0.1, -0.05) is 50.6 Å². The monoisotopic (exact) mass is 611 g/mol. The number of amides is 3. The normalized spacial score (nSPS) is 14.7. The minimum atomic E-state index is -1.15. The van der Waals surface area contributed by atoms with Crippen molar-refractivity contribution in [1.82, 2.24) is 20.9 Å². The number of hydrogen-bond donors (Lipinski definition) is 7. The summed E-state index contributed by atoms with van der Waals surface area (Å²) in [4.78, 5) is 55.3. The van der Waals surface area contributed by atoms with E-state index in [1.807, 2.05) is 37.4 Å². The van der Waals surface area contributed by atoms with E-state index in [2.05, 4.69) is 20.9 Å². The fraction of sp³-hybridized carbons (Fsp3) is 0.419. The first-order valence-corrected chi connectivity index (χ1v) is 15.6. The van der Waals surface area contributed by atoms with Gasteiger partial charge >= 0.3 is 5.97 Å². The van der Waals surface area contributed by atoms with Crippen LogP contribution in [0.5, 0.6) is 5.75 Å². The summed E-state index contributed by atoms with van der Waals surface area (Å²) in [6.45, 7) is 3.66. The number of aliphatic carboxylic acids is 1. The lowest BCUT2D eigenvalue weighted by Gasteiger charge is -2.28. The predicted molar refractivity (Wildman–Crippen MR) is 168 cm³/mol. The number of phenols is 1. The maximum absolute atomic E-state index is 13.8. The molecule has 1 heterocycles. The zero-order valence-electron chi connectivity index (χ0n) is 24.6. The summed E-state index contributed by atoms with van der Waals surface area (Å²) in [7, 11) is 0. The summed E-state index contributed by atoms with van der Waals surface area (Å²) in [6, 6.07) is 9.72. The third kappa shape index (κ3) is 9.48. The summed E-state index contributed by atoms with van der Waals surface area (Å²) >= 11 is 1.47. The first-order chi connectivity index (χ1) is 20.5. The number of aromatic hydroxyl groups is 1. The Morgan fingerprint density at radius 2 is 1.60 bits per heavy atom. The number of phenolic OH excluding ortho intramolecular Hbond substituents is 1. The molecule has 3 rings (SSSR count). The Kier molecular flexibility index (Phi) is 12.4. The highest BCUT2D eigenvalue weighted by Crippen LogP contribution is 2.20. The van der Waals surface area contributed by atoms with Crippen LogP contribution in [0.15, 0.2) is 54.7 Å². The zero-order valence-corrected chi connectivity index (χ0v) is 25.4. The van der Waals surface area contributed by atoms with Crippen molar-refractivity contribution in [3.63, 3.8) is 0 Å². The molecule has 5 atom stereocenters. The lowest BCUT2D eigenvalue weighted by Crippen LogP contribution is -2.59. The molecule has 0 fully saturated rings. The Bertz CT molecular complexity index is 1390. The first-order valence-electron chi connectivity index (χ1n) is 14.2. The van der Waals surface area contributed by atoms with E-state index in [1.54, 1.807) is 25.3 Å². The van der Waals surface area contributed by atoms with Crippen molar-refractivity contribution in [2.45, 2.75) is 63.7 Å². The van der Waals surface area contributed by atoms with Crippen LogP contribution in [-0.4, -0.2) is 75.1 Å². The largest absolute Gasteiger partial charge is 0.508 e. The Labute approximate surface area is 255 Å². The van der Waals surface area contributed by atoms with Gasteiger partial charge < -0.3 is 36.9 Å². The van der Waals surface area contributed by atoms with E-state index in [0.29, 0.717) is 12.2 Å². The van der Waals surface area contributed by atoms with Gasteiger partial charge in [-0.25, -0.2) is 4.79 Å². The van der Waals surface area contributed by atoms with Crippen LogP contribution in [0.1, 0.15) is 37.8 Å². The molecule has 0 saturated carbocycles. The number of hydrogen-bond acceptors (Lipinski definition) is 7. The molecule has 11 nitrogen and oxygen atoms in total. The van der Waals surface area contributed by atoms with Crippen LogP contribution in [0, 0.1) is 5.92 Å². The molecule has 2 aromatic carbocycles. The van der Waals surface area contributed by atoms with Crippen molar-refractivity contribution < 1.29 is 29.4 Å². The number of thioether (sulfide) groups is 1. The molecule has 1 aromatic heterocycles. The third-order valence-electron chi connectivity index (χ3n) is 7.48. The van der Waals surface area contributed by atoms with Crippen LogP contribution in [-0.2, 0) is 32.0 Å². The number of benzene rings is 2. The van der Waals surface area contributed by atoms with Gasteiger partial charge in [-0.05, 0) is 60.1 Å². The maximum atomic E-state index is 13.8. The Balaban J connectivity index is 1.83. The number of carboxylic acid groups (broad SMARTS) is 1. The first kappa shape index (κ1) is 33.5. The van der Waals surface area contributed by atoms with Crippen LogP contribution in [0.2, 0.25) is 0 Å². The van der Waals surface area contributed by atoms with E-state index < -0.39 is 47.9 Å². The van der Waals surface area contributed by atoms with Crippen molar-refractivity contribution in [3.05, 3.63) is 65.9 Å². The van der Waals surface area contributed by atoms with Crippen molar-refractivity contribution in [3.8, 4) is 5.75 Å². The van der Waals surface area contributed by atoms with E-state index in [1.165, 1.54) is 23.9 Å². The zero-order chi connectivity index (χ0) is 31.5. The van der Waals surface area contributed by atoms with Gasteiger partial charge in [-0.2, -0.15) is 11.8 Å². The van der Waals surface area contributed by atoms with Gasteiger partial charge in [0.15, 0.2) is 0 Å². The Morgan fingerprint density at radius 1 is 0.930 bits per heavy atom. The molecule has 8 N–H and O–H groups in total. The molecule has 43 heavy (non-hydrogen) atoms. The fourth-order valence-corrected chi connectivity index (χ4v) is 5.17. The molecule has 3 aromatic rings. The number of aromatic nitrogens is 1. The van der Waals surface area contributed by atoms with Crippen molar-refractivity contribution >= 4 is 46.4 Å². The van der Waals surface area contributed by atoms with Crippen LogP contribution >= 0.6 is 11.8 Å². The van der Waals surface area contributed by atoms with Crippen LogP contribution in [0.3, 0.4) is 0 Å². The number of carbonyl (C=O) groups is 4. The lowest BCUT2D eigenvalue weighted by molar-refractivity contribution is -0.142.